The molecule has 2 N–H and O–H groups in total. The van der Waals surface area contributed by atoms with Crippen molar-refractivity contribution in [1.29, 1.82) is 0 Å². The number of nitrogens with zero attached hydrogens (tertiary/aromatic N) is 1. The maximum absolute atomic E-state index is 12.3. The molecule has 22 heavy (non-hydrogen) atoms. The van der Waals surface area contributed by atoms with Gasteiger partial charge in [0.2, 0.25) is 11.8 Å². The molecule has 1 saturated heterocycles. The van der Waals surface area contributed by atoms with Gasteiger partial charge in [-0.15, -0.1) is 0 Å². The fraction of sp³-hybridized carbons (Fsp3) is 0.529. The topological polar surface area (TPSA) is 61.4 Å². The second-order valence-corrected chi connectivity index (χ2v) is 5.93. The Labute approximate surface area is 132 Å². The molecule has 1 aromatic carbocycles. The predicted molar refractivity (Wildman–Crippen MR) is 86.4 cm³/mol. The highest BCUT2D eigenvalue weighted by molar-refractivity contribution is 5.84. The minimum absolute atomic E-state index is 0.00439. The van der Waals surface area contributed by atoms with E-state index in [0.29, 0.717) is 13.1 Å². The van der Waals surface area contributed by atoms with Crippen molar-refractivity contribution in [3.05, 3.63) is 35.9 Å². The summed E-state index contributed by atoms with van der Waals surface area (Å²) in [5.74, 6) is -0.0155. The highest BCUT2D eigenvalue weighted by Gasteiger charge is 2.26. The highest BCUT2D eigenvalue weighted by Crippen LogP contribution is 2.06. The van der Waals surface area contributed by atoms with Crippen molar-refractivity contribution in [1.82, 2.24) is 15.5 Å². The van der Waals surface area contributed by atoms with Crippen molar-refractivity contribution >= 4 is 11.8 Å². The molecule has 0 aliphatic carbocycles. The summed E-state index contributed by atoms with van der Waals surface area (Å²) in [6, 6.07) is 10.1. The molecule has 1 aromatic rings. The molecule has 1 aliphatic rings. The van der Waals surface area contributed by atoms with Crippen molar-refractivity contribution in [3.8, 4) is 0 Å². The summed E-state index contributed by atoms with van der Waals surface area (Å²) in [4.78, 5) is 25.6. The van der Waals surface area contributed by atoms with Gasteiger partial charge in [-0.2, -0.15) is 0 Å². The number of nitrogens with one attached hydrogen (secondary N) is 2. The predicted octanol–water partition coefficient (Wildman–Crippen LogP) is 0.944. The van der Waals surface area contributed by atoms with Gasteiger partial charge in [0.25, 0.3) is 0 Å². The average molecular weight is 303 g/mol. The summed E-state index contributed by atoms with van der Waals surface area (Å²) in [7, 11) is 0. The van der Waals surface area contributed by atoms with Gasteiger partial charge in [0, 0.05) is 19.1 Å². The Hall–Kier alpha value is -1.88. The van der Waals surface area contributed by atoms with E-state index < -0.39 is 0 Å². The van der Waals surface area contributed by atoms with E-state index in [-0.39, 0.29) is 23.9 Å². The van der Waals surface area contributed by atoms with Crippen molar-refractivity contribution in [2.24, 2.45) is 0 Å². The highest BCUT2D eigenvalue weighted by atomic mass is 16.2. The number of hydrogen-bond donors (Lipinski definition) is 2. The molecule has 2 atom stereocenters. The minimum Gasteiger partial charge on any atom is -0.354 e. The molecule has 2 rings (SSSR count). The number of carbonyl (C=O) groups is 2. The Morgan fingerprint density at radius 3 is 2.73 bits per heavy atom. The third-order valence-corrected chi connectivity index (χ3v) is 4.09. The van der Waals surface area contributed by atoms with Crippen LogP contribution in [0.4, 0.5) is 0 Å². The van der Waals surface area contributed by atoms with Crippen LogP contribution in [0.2, 0.25) is 0 Å². The van der Waals surface area contributed by atoms with E-state index in [4.69, 9.17) is 0 Å². The standard InChI is InChI=1S/C17H25N3O2/c1-13(8-9-15-6-4-3-5-7-15)19-17(22)14(2)20-11-10-18-16(21)12-20/h3-7,13-14H,8-12H2,1-2H3,(H,18,21)(H,19,22). The molecule has 2 amide bonds. The molecular weight excluding hydrogens is 278 g/mol. The number of rotatable bonds is 6. The van der Waals surface area contributed by atoms with E-state index in [9.17, 15) is 9.59 Å². The second kappa shape index (κ2) is 7.94. The van der Waals surface area contributed by atoms with Gasteiger partial charge >= 0.3 is 0 Å². The first-order valence-electron chi connectivity index (χ1n) is 7.91. The van der Waals surface area contributed by atoms with E-state index in [2.05, 4.69) is 22.8 Å². The van der Waals surface area contributed by atoms with Crippen LogP contribution in [-0.2, 0) is 16.0 Å². The summed E-state index contributed by atoms with van der Waals surface area (Å²) in [6.07, 6.45) is 1.85. The molecule has 1 heterocycles. The number of aryl methyl sites for hydroxylation is 1. The largest absolute Gasteiger partial charge is 0.354 e. The Bertz CT molecular complexity index is 504. The van der Waals surface area contributed by atoms with Crippen molar-refractivity contribution in [2.45, 2.75) is 38.8 Å². The molecule has 0 spiro atoms. The summed E-state index contributed by atoms with van der Waals surface area (Å²) in [5.41, 5.74) is 1.28. The lowest BCUT2D eigenvalue weighted by atomic mass is 10.1. The minimum atomic E-state index is -0.273. The zero-order valence-corrected chi connectivity index (χ0v) is 13.3. The summed E-state index contributed by atoms with van der Waals surface area (Å²) in [6.45, 7) is 5.51. The van der Waals surface area contributed by atoms with Crippen molar-refractivity contribution < 1.29 is 9.59 Å². The smallest absolute Gasteiger partial charge is 0.237 e. The number of carbonyl (C=O) groups excluding carboxylic acids is 2. The molecule has 1 fully saturated rings. The Morgan fingerprint density at radius 2 is 2.05 bits per heavy atom. The zero-order valence-electron chi connectivity index (χ0n) is 13.3. The lowest BCUT2D eigenvalue weighted by molar-refractivity contribution is -0.130. The number of piperazine rings is 1. The van der Waals surface area contributed by atoms with Crippen LogP contribution in [0.25, 0.3) is 0 Å². The average Bonchev–Trinajstić information content (AvgIpc) is 2.53. The lowest BCUT2D eigenvalue weighted by Gasteiger charge is -2.31. The summed E-state index contributed by atoms with van der Waals surface area (Å²) >= 11 is 0. The molecule has 120 valence electrons. The lowest BCUT2D eigenvalue weighted by Crippen LogP contribution is -2.55. The van der Waals surface area contributed by atoms with Gasteiger partial charge in [0.1, 0.15) is 0 Å². The van der Waals surface area contributed by atoms with Crippen LogP contribution in [0.3, 0.4) is 0 Å². The molecule has 0 bridgehead atoms. The maximum atomic E-state index is 12.3. The van der Waals surface area contributed by atoms with E-state index >= 15 is 0 Å². The van der Waals surface area contributed by atoms with Crippen molar-refractivity contribution in [3.63, 3.8) is 0 Å². The van der Waals surface area contributed by atoms with E-state index in [0.717, 1.165) is 19.4 Å². The maximum Gasteiger partial charge on any atom is 0.237 e. The van der Waals surface area contributed by atoms with Crippen LogP contribution < -0.4 is 10.6 Å². The third-order valence-electron chi connectivity index (χ3n) is 4.09. The van der Waals surface area contributed by atoms with Gasteiger partial charge in [-0.3, -0.25) is 14.5 Å². The summed E-state index contributed by atoms with van der Waals surface area (Å²) in [5, 5.41) is 5.82. The van der Waals surface area contributed by atoms with E-state index in [1.54, 1.807) is 0 Å². The molecule has 5 nitrogen and oxygen atoms in total. The first-order valence-corrected chi connectivity index (χ1v) is 7.91. The Morgan fingerprint density at radius 1 is 1.32 bits per heavy atom. The Balaban J connectivity index is 1.76. The Kier molecular flexibility index (Phi) is 5.95. The van der Waals surface area contributed by atoms with Crippen molar-refractivity contribution in [2.75, 3.05) is 19.6 Å². The fourth-order valence-electron chi connectivity index (χ4n) is 2.62. The van der Waals surface area contributed by atoms with Gasteiger partial charge in [0.15, 0.2) is 0 Å². The molecule has 1 aliphatic heterocycles. The molecule has 2 unspecified atom stereocenters. The van der Waals surface area contributed by atoms with Crippen LogP contribution in [-0.4, -0.2) is 48.4 Å². The van der Waals surface area contributed by atoms with Crippen LogP contribution in [0.5, 0.6) is 0 Å². The molecule has 0 aromatic heterocycles. The van der Waals surface area contributed by atoms with Crippen LogP contribution in [0.1, 0.15) is 25.8 Å². The van der Waals surface area contributed by atoms with E-state index in [1.165, 1.54) is 5.56 Å². The normalized spacial score (nSPS) is 18.4. The first-order chi connectivity index (χ1) is 10.6. The van der Waals surface area contributed by atoms with Gasteiger partial charge < -0.3 is 10.6 Å². The van der Waals surface area contributed by atoms with Gasteiger partial charge in [-0.05, 0) is 32.3 Å². The van der Waals surface area contributed by atoms with Gasteiger partial charge in [0.05, 0.1) is 12.6 Å². The van der Waals surface area contributed by atoms with Gasteiger partial charge in [-0.25, -0.2) is 0 Å². The van der Waals surface area contributed by atoms with Crippen LogP contribution >= 0.6 is 0 Å². The summed E-state index contributed by atoms with van der Waals surface area (Å²) < 4.78 is 0. The van der Waals surface area contributed by atoms with Crippen LogP contribution in [0.15, 0.2) is 30.3 Å². The quantitative estimate of drug-likeness (QED) is 0.822. The first kappa shape index (κ1) is 16.5. The fourth-order valence-corrected chi connectivity index (χ4v) is 2.62. The number of amides is 2. The second-order valence-electron chi connectivity index (χ2n) is 5.93. The van der Waals surface area contributed by atoms with Gasteiger partial charge in [-0.1, -0.05) is 30.3 Å². The van der Waals surface area contributed by atoms with Crippen LogP contribution in [0, 0.1) is 0 Å². The zero-order chi connectivity index (χ0) is 15.9. The molecule has 0 saturated carbocycles. The third kappa shape index (κ3) is 4.84. The SMILES string of the molecule is CC(CCc1ccccc1)NC(=O)C(C)N1CCNC(=O)C1. The molecule has 0 radical (unpaired) electrons. The number of benzene rings is 1. The van der Waals surface area contributed by atoms with E-state index in [1.807, 2.05) is 36.9 Å². The number of hydrogen-bond acceptors (Lipinski definition) is 3. The molecule has 5 heteroatoms. The monoisotopic (exact) mass is 303 g/mol. The molecular formula is C17H25N3O2.